The number of aromatic nitrogens is 6. The largest absolute Gasteiger partial charge is 0.249 e. The van der Waals surface area contributed by atoms with Gasteiger partial charge in [-0.25, -0.2) is 4.68 Å². The van der Waals surface area contributed by atoms with Gasteiger partial charge in [-0.3, -0.25) is 0 Å². The van der Waals surface area contributed by atoms with Crippen LogP contribution in [0.3, 0.4) is 0 Å². The van der Waals surface area contributed by atoms with Crippen LogP contribution in [-0.2, 0) is 13.0 Å². The number of nitrogens with zero attached hydrogens (tertiary/aromatic N) is 6. The second-order valence-electron chi connectivity index (χ2n) is 3.46. The van der Waals surface area contributed by atoms with Crippen molar-refractivity contribution in [3.8, 4) is 0 Å². The molecule has 2 heterocycles. The maximum atomic E-state index is 4.32. The fourth-order valence-electron chi connectivity index (χ4n) is 1.43. The fourth-order valence-corrected chi connectivity index (χ4v) is 1.43. The molecule has 0 N–H and O–H groups in total. The molecule has 0 saturated heterocycles. The predicted molar refractivity (Wildman–Crippen MR) is 54.1 cm³/mol. The van der Waals surface area contributed by atoms with Crippen LogP contribution in [0.5, 0.6) is 0 Å². The van der Waals surface area contributed by atoms with E-state index in [1.165, 1.54) is 0 Å². The molecule has 80 valence electrons. The normalized spacial score (nSPS) is 12.9. The van der Waals surface area contributed by atoms with Crippen LogP contribution in [0.2, 0.25) is 0 Å². The summed E-state index contributed by atoms with van der Waals surface area (Å²) in [5.41, 5.74) is 0.986. The standard InChI is InChI=1S/C9H14N6/c1-3-15-11-7-9(12-15)6-8(2)14-5-4-10-13-14/h4-5,7-8H,3,6H2,1-2H3. The fraction of sp³-hybridized carbons (Fsp3) is 0.556. The molecule has 0 aliphatic rings. The van der Waals surface area contributed by atoms with E-state index < -0.39 is 0 Å². The maximum Gasteiger partial charge on any atom is 0.0848 e. The summed E-state index contributed by atoms with van der Waals surface area (Å²) in [6, 6.07) is 0.259. The molecule has 2 aromatic heterocycles. The Bertz CT molecular complexity index is 404. The van der Waals surface area contributed by atoms with Gasteiger partial charge in [-0.1, -0.05) is 5.21 Å². The molecule has 0 aromatic carbocycles. The van der Waals surface area contributed by atoms with Crippen LogP contribution in [-0.4, -0.2) is 30.0 Å². The van der Waals surface area contributed by atoms with Crippen molar-refractivity contribution in [2.75, 3.05) is 0 Å². The summed E-state index contributed by atoms with van der Waals surface area (Å²) in [6.45, 7) is 4.90. The van der Waals surface area contributed by atoms with E-state index in [-0.39, 0.29) is 6.04 Å². The highest BCUT2D eigenvalue weighted by Gasteiger charge is 2.08. The molecule has 2 aromatic rings. The van der Waals surface area contributed by atoms with Gasteiger partial charge in [0.15, 0.2) is 0 Å². The summed E-state index contributed by atoms with van der Waals surface area (Å²) in [5, 5.41) is 16.2. The third kappa shape index (κ3) is 2.20. The summed E-state index contributed by atoms with van der Waals surface area (Å²) < 4.78 is 1.82. The first kappa shape index (κ1) is 9.82. The zero-order chi connectivity index (χ0) is 10.7. The quantitative estimate of drug-likeness (QED) is 0.738. The van der Waals surface area contributed by atoms with Gasteiger partial charge in [0, 0.05) is 12.6 Å². The molecule has 15 heavy (non-hydrogen) atoms. The van der Waals surface area contributed by atoms with E-state index in [0.717, 1.165) is 18.7 Å². The topological polar surface area (TPSA) is 61.4 Å². The van der Waals surface area contributed by atoms with Crippen LogP contribution in [0.4, 0.5) is 0 Å². The first-order valence-electron chi connectivity index (χ1n) is 5.04. The maximum absolute atomic E-state index is 4.32. The van der Waals surface area contributed by atoms with Gasteiger partial charge >= 0.3 is 0 Å². The van der Waals surface area contributed by atoms with Crippen molar-refractivity contribution in [2.24, 2.45) is 0 Å². The third-order valence-corrected chi connectivity index (χ3v) is 2.26. The molecule has 0 fully saturated rings. The molecule has 0 radical (unpaired) electrons. The molecule has 0 saturated carbocycles. The molecule has 0 aliphatic carbocycles. The highest BCUT2D eigenvalue weighted by Crippen LogP contribution is 2.09. The predicted octanol–water partition coefficient (Wildman–Crippen LogP) is 0.693. The SMILES string of the molecule is CCn1ncc(CC(C)n2ccnn2)n1. The number of hydrogen-bond donors (Lipinski definition) is 0. The Labute approximate surface area is 87.9 Å². The van der Waals surface area contributed by atoms with Gasteiger partial charge in [0.05, 0.1) is 30.7 Å². The summed E-state index contributed by atoms with van der Waals surface area (Å²) >= 11 is 0. The highest BCUT2D eigenvalue weighted by atomic mass is 15.5. The molecular weight excluding hydrogens is 192 g/mol. The molecule has 0 amide bonds. The lowest BCUT2D eigenvalue weighted by Gasteiger charge is -2.08. The van der Waals surface area contributed by atoms with E-state index in [1.807, 2.05) is 17.8 Å². The lowest BCUT2D eigenvalue weighted by atomic mass is 10.2. The number of rotatable bonds is 4. The van der Waals surface area contributed by atoms with Crippen LogP contribution in [0.15, 0.2) is 18.6 Å². The molecule has 1 atom stereocenters. The van der Waals surface area contributed by atoms with Crippen LogP contribution >= 0.6 is 0 Å². The van der Waals surface area contributed by atoms with E-state index in [2.05, 4.69) is 27.4 Å². The van der Waals surface area contributed by atoms with Gasteiger partial charge in [-0.05, 0) is 13.8 Å². The van der Waals surface area contributed by atoms with Crippen molar-refractivity contribution in [3.05, 3.63) is 24.3 Å². The van der Waals surface area contributed by atoms with Crippen molar-refractivity contribution in [1.82, 2.24) is 30.0 Å². The van der Waals surface area contributed by atoms with E-state index in [1.54, 1.807) is 17.2 Å². The van der Waals surface area contributed by atoms with E-state index >= 15 is 0 Å². The van der Waals surface area contributed by atoms with E-state index in [4.69, 9.17) is 0 Å². The zero-order valence-corrected chi connectivity index (χ0v) is 8.91. The molecule has 0 spiro atoms. The number of aryl methyl sites for hydroxylation is 1. The third-order valence-electron chi connectivity index (χ3n) is 2.26. The average molecular weight is 206 g/mol. The van der Waals surface area contributed by atoms with Gasteiger partial charge < -0.3 is 0 Å². The lowest BCUT2D eigenvalue weighted by molar-refractivity contribution is 0.465. The first-order chi connectivity index (χ1) is 7.29. The van der Waals surface area contributed by atoms with Crippen LogP contribution < -0.4 is 0 Å². The zero-order valence-electron chi connectivity index (χ0n) is 8.91. The van der Waals surface area contributed by atoms with Gasteiger partial charge in [0.1, 0.15) is 0 Å². The summed E-state index contributed by atoms with van der Waals surface area (Å²) in [4.78, 5) is 1.68. The Morgan fingerprint density at radius 3 is 2.93 bits per heavy atom. The smallest absolute Gasteiger partial charge is 0.0848 e. The van der Waals surface area contributed by atoms with Crippen molar-refractivity contribution in [3.63, 3.8) is 0 Å². The van der Waals surface area contributed by atoms with Gasteiger partial charge in [0.25, 0.3) is 0 Å². The first-order valence-corrected chi connectivity index (χ1v) is 5.04. The highest BCUT2D eigenvalue weighted by molar-refractivity contribution is 4.94. The lowest BCUT2D eigenvalue weighted by Crippen LogP contribution is -2.09. The second kappa shape index (κ2) is 4.20. The van der Waals surface area contributed by atoms with E-state index in [0.29, 0.717) is 0 Å². The molecular formula is C9H14N6. The molecule has 1 unspecified atom stereocenters. The van der Waals surface area contributed by atoms with Crippen LogP contribution in [0, 0.1) is 0 Å². The monoisotopic (exact) mass is 206 g/mol. The molecule has 6 heteroatoms. The minimum atomic E-state index is 0.259. The Morgan fingerprint density at radius 1 is 1.47 bits per heavy atom. The van der Waals surface area contributed by atoms with Crippen LogP contribution in [0.1, 0.15) is 25.6 Å². The van der Waals surface area contributed by atoms with Gasteiger partial charge in [0.2, 0.25) is 0 Å². The summed E-state index contributed by atoms with van der Waals surface area (Å²) in [7, 11) is 0. The minimum absolute atomic E-state index is 0.259. The van der Waals surface area contributed by atoms with Crippen molar-refractivity contribution < 1.29 is 0 Å². The Kier molecular flexibility index (Phi) is 2.75. The molecule has 6 nitrogen and oxygen atoms in total. The van der Waals surface area contributed by atoms with Gasteiger partial charge in [-0.15, -0.1) is 5.10 Å². The van der Waals surface area contributed by atoms with E-state index in [9.17, 15) is 0 Å². The Morgan fingerprint density at radius 2 is 2.33 bits per heavy atom. The second-order valence-corrected chi connectivity index (χ2v) is 3.46. The van der Waals surface area contributed by atoms with Crippen molar-refractivity contribution in [2.45, 2.75) is 32.9 Å². The summed E-state index contributed by atoms with van der Waals surface area (Å²) in [5.74, 6) is 0. The Hall–Kier alpha value is -1.72. The van der Waals surface area contributed by atoms with Crippen LogP contribution in [0.25, 0.3) is 0 Å². The molecule has 0 bridgehead atoms. The minimum Gasteiger partial charge on any atom is -0.249 e. The average Bonchev–Trinajstić information content (AvgIpc) is 2.87. The summed E-state index contributed by atoms with van der Waals surface area (Å²) in [6.07, 6.45) is 6.16. The van der Waals surface area contributed by atoms with Crippen molar-refractivity contribution >= 4 is 0 Å². The van der Waals surface area contributed by atoms with Crippen molar-refractivity contribution in [1.29, 1.82) is 0 Å². The van der Waals surface area contributed by atoms with Gasteiger partial charge in [-0.2, -0.15) is 15.0 Å². The molecule has 2 rings (SSSR count). The Balaban J connectivity index is 2.02. The molecule has 0 aliphatic heterocycles. The number of hydrogen-bond acceptors (Lipinski definition) is 4.